The molecule has 0 aliphatic carbocycles. The van der Waals surface area contributed by atoms with Crippen LogP contribution in [-0.2, 0) is 16.0 Å². The topological polar surface area (TPSA) is 111 Å². The second kappa shape index (κ2) is 8.16. The first kappa shape index (κ1) is 21.3. The van der Waals surface area contributed by atoms with Crippen LogP contribution in [0.5, 0.6) is 0 Å². The van der Waals surface area contributed by atoms with E-state index in [1.54, 1.807) is 6.92 Å². The van der Waals surface area contributed by atoms with Gasteiger partial charge in [0, 0.05) is 29.2 Å². The number of thioether (sulfide) groups is 1. The number of aryl methyl sites for hydroxylation is 1. The van der Waals surface area contributed by atoms with E-state index in [2.05, 4.69) is 10.2 Å². The van der Waals surface area contributed by atoms with Crippen LogP contribution in [0.3, 0.4) is 0 Å². The van der Waals surface area contributed by atoms with Gasteiger partial charge in [-0.1, -0.05) is 13.0 Å². The summed E-state index contributed by atoms with van der Waals surface area (Å²) in [7, 11) is 0. The molecule has 1 fully saturated rings. The Hall–Kier alpha value is -1.39. The zero-order valence-electron chi connectivity index (χ0n) is 15.9. The summed E-state index contributed by atoms with van der Waals surface area (Å²) in [5.74, 6) is -1.03. The maximum atomic E-state index is 12.3. The predicted octanol–water partition coefficient (Wildman–Crippen LogP) is -3.17. The summed E-state index contributed by atoms with van der Waals surface area (Å²) in [6, 6.07) is 5.34. The van der Waals surface area contributed by atoms with E-state index in [4.69, 9.17) is 0 Å². The molecule has 1 amide bonds. The van der Waals surface area contributed by atoms with Crippen LogP contribution >= 0.6 is 11.8 Å². The molecule has 0 saturated carbocycles. The van der Waals surface area contributed by atoms with Crippen molar-refractivity contribution in [1.82, 2.24) is 19.5 Å². The van der Waals surface area contributed by atoms with E-state index in [0.29, 0.717) is 17.1 Å². The second-order valence-corrected chi connectivity index (χ2v) is 8.03. The predicted molar refractivity (Wildman–Crippen MR) is 96.2 cm³/mol. The van der Waals surface area contributed by atoms with Crippen molar-refractivity contribution in [3.63, 3.8) is 0 Å². The number of amides is 1. The molecule has 8 nitrogen and oxygen atoms in total. The molecule has 0 bridgehead atoms. The normalized spacial score (nSPS) is 24.8. The summed E-state index contributed by atoms with van der Waals surface area (Å²) in [5.41, 5.74) is 0.710. The van der Waals surface area contributed by atoms with Crippen molar-refractivity contribution in [2.75, 3.05) is 5.75 Å². The number of rotatable bonds is 6. The van der Waals surface area contributed by atoms with E-state index in [-0.39, 0.29) is 53.1 Å². The fourth-order valence-corrected chi connectivity index (χ4v) is 5.24. The van der Waals surface area contributed by atoms with Crippen molar-refractivity contribution >= 4 is 29.3 Å². The minimum Gasteiger partial charge on any atom is -0.543 e. The molecule has 4 atom stereocenters. The Labute approximate surface area is 188 Å². The summed E-state index contributed by atoms with van der Waals surface area (Å²) >= 11 is 1.40. The monoisotopic (exact) mass is 410 g/mol. The van der Waals surface area contributed by atoms with Crippen LogP contribution in [-0.4, -0.2) is 54.4 Å². The van der Waals surface area contributed by atoms with Crippen LogP contribution in [0.2, 0.25) is 0 Å². The smallest absolute Gasteiger partial charge is 0.543 e. The molecule has 0 spiro atoms. The fourth-order valence-electron chi connectivity index (χ4n) is 4.02. The number of aromatic nitrogens is 3. The summed E-state index contributed by atoms with van der Waals surface area (Å²) in [4.78, 5) is 25.9. The van der Waals surface area contributed by atoms with Crippen LogP contribution in [0.4, 0.5) is 0 Å². The van der Waals surface area contributed by atoms with E-state index in [9.17, 15) is 19.8 Å². The average molecular weight is 410 g/mol. The van der Waals surface area contributed by atoms with Crippen molar-refractivity contribution in [3.05, 3.63) is 40.8 Å². The Morgan fingerprint density at radius 3 is 2.82 bits per heavy atom. The van der Waals surface area contributed by atoms with Crippen LogP contribution in [0.1, 0.15) is 19.7 Å². The number of carboxylic acids is 1. The van der Waals surface area contributed by atoms with Gasteiger partial charge in [-0.3, -0.25) is 9.20 Å². The van der Waals surface area contributed by atoms with E-state index >= 15 is 0 Å². The van der Waals surface area contributed by atoms with Gasteiger partial charge >= 0.3 is 29.6 Å². The standard InChI is InChI=1S/C18H20N4O4S.Na/c1-9-14-13(10(2)23)17(24)22(14)15(18(25)26)16(9)27-8-6-12-20-19-11-5-3-4-7-21(11)12;/h3-5,7,9-10,13-14,23H,6,8H2,1-2H3,(H,25,26);/q;+1/p-1/t9-,10?,13?,14?;/m1./s1. The largest absolute Gasteiger partial charge is 1.00 e. The molecular formula is C18H19N4NaO4S. The summed E-state index contributed by atoms with van der Waals surface area (Å²) in [5, 5.41) is 29.8. The summed E-state index contributed by atoms with van der Waals surface area (Å²) < 4.78 is 1.90. The van der Waals surface area contributed by atoms with Crippen LogP contribution < -0.4 is 34.7 Å². The number of aliphatic hydroxyl groups is 1. The Bertz CT molecular complexity index is 960. The molecule has 2 aliphatic rings. The van der Waals surface area contributed by atoms with Gasteiger partial charge in [-0.2, -0.15) is 0 Å². The second-order valence-electron chi connectivity index (χ2n) is 6.90. The van der Waals surface area contributed by atoms with Gasteiger partial charge in [-0.05, 0) is 19.1 Å². The number of β-lactam (4-membered cyclic amide) rings is 1. The number of carbonyl (C=O) groups is 2. The number of carbonyl (C=O) groups excluding carboxylic acids is 2. The number of hydrogen-bond donors (Lipinski definition) is 1. The zero-order valence-corrected chi connectivity index (χ0v) is 18.7. The Morgan fingerprint density at radius 2 is 2.14 bits per heavy atom. The molecule has 4 rings (SSSR count). The van der Waals surface area contributed by atoms with Crippen molar-refractivity contribution in [2.24, 2.45) is 11.8 Å². The van der Waals surface area contributed by atoms with Crippen LogP contribution in [0.25, 0.3) is 5.65 Å². The number of pyridine rings is 1. The molecule has 2 aromatic rings. The third kappa shape index (κ3) is 3.29. The third-order valence-electron chi connectivity index (χ3n) is 5.27. The Kier molecular flexibility index (Phi) is 6.21. The number of aliphatic carboxylic acids is 1. The van der Waals surface area contributed by atoms with E-state index in [1.807, 2.05) is 35.7 Å². The molecule has 2 aromatic heterocycles. The first-order valence-electron chi connectivity index (χ1n) is 8.80. The SMILES string of the molecule is CC(O)C1C(=O)N2C(C(=O)[O-])=C(SCCc3nnc4ccccn34)[C@H](C)C12.[Na+]. The minimum atomic E-state index is -1.35. The van der Waals surface area contributed by atoms with Gasteiger partial charge < -0.3 is 19.9 Å². The summed E-state index contributed by atoms with van der Waals surface area (Å²) in [6.07, 6.45) is 1.68. The molecule has 10 heteroatoms. The number of hydrogen-bond acceptors (Lipinski definition) is 7. The van der Waals surface area contributed by atoms with Gasteiger partial charge in [0.05, 0.1) is 29.7 Å². The van der Waals surface area contributed by atoms with Crippen molar-refractivity contribution < 1.29 is 49.4 Å². The van der Waals surface area contributed by atoms with Gasteiger partial charge in [0.1, 0.15) is 5.82 Å². The molecule has 4 heterocycles. The molecule has 2 aliphatic heterocycles. The third-order valence-corrected chi connectivity index (χ3v) is 6.55. The molecule has 0 radical (unpaired) electrons. The van der Waals surface area contributed by atoms with Gasteiger partial charge in [0.15, 0.2) is 5.65 Å². The number of carboxylic acid groups (broad SMARTS) is 1. The molecule has 28 heavy (non-hydrogen) atoms. The van der Waals surface area contributed by atoms with E-state index in [0.717, 1.165) is 11.5 Å². The van der Waals surface area contributed by atoms with Crippen LogP contribution in [0.15, 0.2) is 35.0 Å². The molecule has 1 saturated heterocycles. The maximum absolute atomic E-state index is 12.3. The first-order valence-corrected chi connectivity index (χ1v) is 9.78. The van der Waals surface area contributed by atoms with Crippen molar-refractivity contribution in [2.45, 2.75) is 32.4 Å². The fraction of sp³-hybridized carbons (Fsp3) is 0.444. The summed E-state index contributed by atoms with van der Waals surface area (Å²) in [6.45, 7) is 3.46. The van der Waals surface area contributed by atoms with E-state index < -0.39 is 18.0 Å². The maximum Gasteiger partial charge on any atom is 1.00 e. The van der Waals surface area contributed by atoms with E-state index in [1.165, 1.54) is 16.7 Å². The first-order chi connectivity index (χ1) is 12.9. The zero-order chi connectivity index (χ0) is 19.3. The molecule has 1 N–H and O–H groups in total. The van der Waals surface area contributed by atoms with Gasteiger partial charge in [0.25, 0.3) is 0 Å². The average Bonchev–Trinajstić information content (AvgIpc) is 3.13. The molecular weight excluding hydrogens is 391 g/mol. The quantitative estimate of drug-likeness (QED) is 0.395. The number of fused-ring (bicyclic) bond motifs is 2. The molecule has 142 valence electrons. The number of aliphatic hydroxyl groups excluding tert-OH is 1. The van der Waals surface area contributed by atoms with Gasteiger partial charge in [-0.15, -0.1) is 22.0 Å². The Morgan fingerprint density at radius 1 is 1.39 bits per heavy atom. The van der Waals surface area contributed by atoms with Crippen molar-refractivity contribution in [1.29, 1.82) is 0 Å². The molecule has 3 unspecified atom stereocenters. The minimum absolute atomic E-state index is 0. The number of nitrogens with zero attached hydrogens (tertiary/aromatic N) is 4. The van der Waals surface area contributed by atoms with Gasteiger partial charge in [-0.25, -0.2) is 0 Å². The van der Waals surface area contributed by atoms with Crippen LogP contribution in [0, 0.1) is 11.8 Å². The van der Waals surface area contributed by atoms with Crippen molar-refractivity contribution in [3.8, 4) is 0 Å². The van der Waals surface area contributed by atoms with Gasteiger partial charge in [0.2, 0.25) is 5.91 Å². The Balaban J connectivity index is 0.00000225. The molecule has 0 aromatic carbocycles.